The molecule has 0 bridgehead atoms. The minimum absolute atomic E-state index is 0.0831. The minimum atomic E-state index is 0.0831. The number of aromatic nitrogens is 1. The zero-order valence-electron chi connectivity index (χ0n) is 13.3. The molecule has 0 atom stereocenters. The van der Waals surface area contributed by atoms with Crippen LogP contribution >= 0.6 is 0 Å². The van der Waals surface area contributed by atoms with Crippen molar-refractivity contribution in [3.63, 3.8) is 0 Å². The maximum atomic E-state index is 12.4. The largest absolute Gasteiger partial charge is 0.495 e. The van der Waals surface area contributed by atoms with E-state index in [9.17, 15) is 4.79 Å². The molecule has 0 saturated heterocycles. The normalized spacial score (nSPS) is 10.5. The monoisotopic (exact) mass is 286 g/mol. The minimum Gasteiger partial charge on any atom is -0.495 e. The van der Waals surface area contributed by atoms with Crippen molar-refractivity contribution in [3.05, 3.63) is 46.8 Å². The third-order valence-electron chi connectivity index (χ3n) is 3.87. The first-order valence-electron chi connectivity index (χ1n) is 6.98. The highest BCUT2D eigenvalue weighted by molar-refractivity contribution is 6.00. The number of Topliss-reactive ketones (excluding diaryl/α,β-unsaturated/α-hetero) is 1. The van der Waals surface area contributed by atoms with Crippen LogP contribution in [0.1, 0.15) is 27.3 Å². The van der Waals surface area contributed by atoms with E-state index in [2.05, 4.69) is 5.32 Å². The molecule has 0 aliphatic carbocycles. The number of nitrogens with zero attached hydrogens (tertiary/aromatic N) is 1. The van der Waals surface area contributed by atoms with Crippen LogP contribution in [0, 0.1) is 20.8 Å². The van der Waals surface area contributed by atoms with Gasteiger partial charge in [-0.2, -0.15) is 0 Å². The Kier molecular flexibility index (Phi) is 4.36. The standard InChI is InChI=1S/C17H22N2O2/c1-11-6-7-17(21-5)15(8-11)18-10-16(20)14-9-12(2)19(4)13(14)3/h6-9,18H,10H2,1-5H3. The number of benzene rings is 1. The Labute approximate surface area is 125 Å². The van der Waals surface area contributed by atoms with E-state index >= 15 is 0 Å². The predicted molar refractivity (Wildman–Crippen MR) is 85.4 cm³/mol. The lowest BCUT2D eigenvalue weighted by Gasteiger charge is -2.11. The molecular formula is C17H22N2O2. The van der Waals surface area contributed by atoms with Crippen LogP contribution in [0.3, 0.4) is 0 Å². The summed E-state index contributed by atoms with van der Waals surface area (Å²) in [6, 6.07) is 7.80. The Morgan fingerprint density at radius 2 is 1.95 bits per heavy atom. The van der Waals surface area contributed by atoms with Crippen LogP contribution in [0.25, 0.3) is 0 Å². The van der Waals surface area contributed by atoms with Crippen molar-refractivity contribution >= 4 is 11.5 Å². The molecule has 0 fully saturated rings. The van der Waals surface area contributed by atoms with Crippen molar-refractivity contribution in [2.75, 3.05) is 19.0 Å². The van der Waals surface area contributed by atoms with E-state index in [1.165, 1.54) is 0 Å². The van der Waals surface area contributed by atoms with Crippen molar-refractivity contribution < 1.29 is 9.53 Å². The summed E-state index contributed by atoms with van der Waals surface area (Å²) < 4.78 is 7.34. The van der Waals surface area contributed by atoms with Crippen LogP contribution < -0.4 is 10.1 Å². The van der Waals surface area contributed by atoms with Gasteiger partial charge in [0.15, 0.2) is 5.78 Å². The van der Waals surface area contributed by atoms with E-state index < -0.39 is 0 Å². The fraction of sp³-hybridized carbons (Fsp3) is 0.353. The smallest absolute Gasteiger partial charge is 0.183 e. The number of aryl methyl sites for hydroxylation is 2. The SMILES string of the molecule is COc1ccc(C)cc1NCC(=O)c1cc(C)n(C)c1C. The number of rotatable bonds is 5. The third kappa shape index (κ3) is 3.10. The summed E-state index contributed by atoms with van der Waals surface area (Å²) in [4.78, 5) is 12.4. The maximum Gasteiger partial charge on any atom is 0.183 e. The molecule has 112 valence electrons. The quantitative estimate of drug-likeness (QED) is 0.858. The molecule has 0 unspecified atom stereocenters. The number of carbonyl (C=O) groups excluding carboxylic acids is 1. The Hall–Kier alpha value is -2.23. The summed E-state index contributed by atoms with van der Waals surface area (Å²) in [5, 5.41) is 3.18. The number of carbonyl (C=O) groups is 1. The number of anilines is 1. The molecule has 0 spiro atoms. The average molecular weight is 286 g/mol. The summed E-state index contributed by atoms with van der Waals surface area (Å²) in [7, 11) is 3.60. The van der Waals surface area contributed by atoms with Crippen LogP contribution in [-0.4, -0.2) is 24.0 Å². The van der Waals surface area contributed by atoms with Gasteiger partial charge >= 0.3 is 0 Å². The number of hydrogen-bond donors (Lipinski definition) is 1. The molecule has 2 rings (SSSR count). The molecule has 0 amide bonds. The fourth-order valence-corrected chi connectivity index (χ4v) is 2.37. The van der Waals surface area contributed by atoms with E-state index in [1.54, 1.807) is 7.11 Å². The number of hydrogen-bond acceptors (Lipinski definition) is 3. The molecular weight excluding hydrogens is 264 g/mol. The second kappa shape index (κ2) is 6.04. The number of nitrogens with one attached hydrogen (secondary N) is 1. The highest BCUT2D eigenvalue weighted by Gasteiger charge is 2.14. The van der Waals surface area contributed by atoms with Gasteiger partial charge < -0.3 is 14.6 Å². The maximum absolute atomic E-state index is 12.4. The molecule has 2 aromatic rings. The van der Waals surface area contributed by atoms with E-state index in [1.807, 2.05) is 56.7 Å². The van der Waals surface area contributed by atoms with Gasteiger partial charge in [0.25, 0.3) is 0 Å². The number of ether oxygens (including phenoxy) is 1. The van der Waals surface area contributed by atoms with Gasteiger partial charge in [-0.05, 0) is 44.5 Å². The Morgan fingerprint density at radius 3 is 2.52 bits per heavy atom. The zero-order chi connectivity index (χ0) is 15.6. The molecule has 1 aromatic heterocycles. The topological polar surface area (TPSA) is 43.3 Å². The van der Waals surface area contributed by atoms with Crippen LogP contribution in [0.2, 0.25) is 0 Å². The van der Waals surface area contributed by atoms with Crippen molar-refractivity contribution in [1.29, 1.82) is 0 Å². The van der Waals surface area contributed by atoms with Gasteiger partial charge in [0, 0.05) is 24.0 Å². The summed E-state index contributed by atoms with van der Waals surface area (Å²) >= 11 is 0. The van der Waals surface area contributed by atoms with Crippen LogP contribution in [0.5, 0.6) is 5.75 Å². The Morgan fingerprint density at radius 1 is 1.24 bits per heavy atom. The first kappa shape index (κ1) is 15.2. The molecule has 0 radical (unpaired) electrons. The molecule has 0 saturated carbocycles. The van der Waals surface area contributed by atoms with E-state index in [0.29, 0.717) is 0 Å². The molecule has 21 heavy (non-hydrogen) atoms. The highest BCUT2D eigenvalue weighted by atomic mass is 16.5. The lowest BCUT2D eigenvalue weighted by molar-refractivity contribution is 0.101. The van der Waals surface area contributed by atoms with E-state index in [-0.39, 0.29) is 12.3 Å². The van der Waals surface area contributed by atoms with Crippen molar-refractivity contribution in [3.8, 4) is 5.75 Å². The zero-order valence-corrected chi connectivity index (χ0v) is 13.3. The van der Waals surface area contributed by atoms with Gasteiger partial charge in [0.1, 0.15) is 5.75 Å². The molecule has 1 heterocycles. The molecule has 0 aliphatic rings. The van der Waals surface area contributed by atoms with Gasteiger partial charge in [-0.1, -0.05) is 6.07 Å². The van der Waals surface area contributed by atoms with Crippen molar-refractivity contribution in [2.45, 2.75) is 20.8 Å². The summed E-state index contributed by atoms with van der Waals surface area (Å²) in [6.07, 6.45) is 0. The highest BCUT2D eigenvalue weighted by Crippen LogP contribution is 2.25. The average Bonchev–Trinajstić information content (AvgIpc) is 2.72. The molecule has 4 heteroatoms. The first-order chi connectivity index (χ1) is 9.93. The van der Waals surface area contributed by atoms with Crippen LogP contribution in [0.15, 0.2) is 24.3 Å². The van der Waals surface area contributed by atoms with Crippen molar-refractivity contribution in [1.82, 2.24) is 4.57 Å². The van der Waals surface area contributed by atoms with E-state index in [4.69, 9.17) is 4.74 Å². The Balaban J connectivity index is 2.14. The second-order valence-electron chi connectivity index (χ2n) is 5.32. The van der Waals surface area contributed by atoms with E-state index in [0.717, 1.165) is 34.0 Å². The molecule has 1 N–H and O–H groups in total. The summed E-state index contributed by atoms with van der Waals surface area (Å²) in [5.41, 5.74) is 4.82. The number of methoxy groups -OCH3 is 1. The lowest BCUT2D eigenvalue weighted by atomic mass is 10.1. The van der Waals surface area contributed by atoms with Crippen LogP contribution in [-0.2, 0) is 7.05 Å². The van der Waals surface area contributed by atoms with Gasteiger partial charge in [0.2, 0.25) is 0 Å². The first-order valence-corrected chi connectivity index (χ1v) is 6.98. The number of ketones is 1. The van der Waals surface area contributed by atoms with Crippen LogP contribution in [0.4, 0.5) is 5.69 Å². The third-order valence-corrected chi connectivity index (χ3v) is 3.87. The fourth-order valence-electron chi connectivity index (χ4n) is 2.37. The molecule has 0 aliphatic heterocycles. The molecule has 1 aromatic carbocycles. The van der Waals surface area contributed by atoms with Gasteiger partial charge in [-0.15, -0.1) is 0 Å². The summed E-state index contributed by atoms with van der Waals surface area (Å²) in [6.45, 7) is 6.23. The second-order valence-corrected chi connectivity index (χ2v) is 5.32. The lowest BCUT2D eigenvalue weighted by Crippen LogP contribution is -2.15. The van der Waals surface area contributed by atoms with Gasteiger partial charge in [-0.25, -0.2) is 0 Å². The van der Waals surface area contributed by atoms with Gasteiger partial charge in [-0.3, -0.25) is 4.79 Å². The predicted octanol–water partition coefficient (Wildman–Crippen LogP) is 3.25. The van der Waals surface area contributed by atoms with Gasteiger partial charge in [0.05, 0.1) is 19.3 Å². The molecule has 4 nitrogen and oxygen atoms in total. The Bertz CT molecular complexity index is 672. The van der Waals surface area contributed by atoms with Crippen molar-refractivity contribution in [2.24, 2.45) is 7.05 Å². The summed E-state index contributed by atoms with van der Waals surface area (Å²) in [5.74, 6) is 0.828.